The summed E-state index contributed by atoms with van der Waals surface area (Å²) in [6.07, 6.45) is 10.7. The molecule has 0 aromatic heterocycles. The maximum Gasteiger partial charge on any atom is 0.201 e. The van der Waals surface area contributed by atoms with Gasteiger partial charge in [0.05, 0.1) is 6.61 Å². The molecule has 0 atom stereocenters. The average Bonchev–Trinajstić information content (AvgIpc) is 2.91. The van der Waals surface area contributed by atoms with Crippen LogP contribution in [0.25, 0.3) is 11.1 Å². The van der Waals surface area contributed by atoms with Gasteiger partial charge in [0.2, 0.25) is 5.82 Å². The summed E-state index contributed by atoms with van der Waals surface area (Å²) >= 11 is 0. The highest BCUT2D eigenvalue weighted by Gasteiger charge is 2.20. The van der Waals surface area contributed by atoms with Crippen molar-refractivity contribution in [2.45, 2.75) is 64.2 Å². The maximum atomic E-state index is 14.7. The number of benzene rings is 3. The summed E-state index contributed by atoms with van der Waals surface area (Å²) in [6.45, 7) is 6.36. The summed E-state index contributed by atoms with van der Waals surface area (Å²) in [5.41, 5.74) is 4.89. The maximum absolute atomic E-state index is 14.7. The van der Waals surface area contributed by atoms with Crippen LogP contribution in [0.1, 0.15) is 68.1 Å². The molecule has 0 heterocycles. The van der Waals surface area contributed by atoms with E-state index in [-0.39, 0.29) is 11.3 Å². The number of hydrogen-bond acceptors (Lipinski definition) is 1. The van der Waals surface area contributed by atoms with Crippen molar-refractivity contribution in [3.05, 3.63) is 102 Å². The van der Waals surface area contributed by atoms with Crippen molar-refractivity contribution in [2.24, 2.45) is 5.92 Å². The fourth-order valence-corrected chi connectivity index (χ4v) is 4.98. The molecule has 0 spiro atoms. The van der Waals surface area contributed by atoms with Crippen LogP contribution in [0.4, 0.5) is 8.78 Å². The molecular formula is C32H36F2O. The second-order valence-corrected chi connectivity index (χ2v) is 9.73. The predicted octanol–water partition coefficient (Wildman–Crippen LogP) is 9.06. The predicted molar refractivity (Wildman–Crippen MR) is 141 cm³/mol. The van der Waals surface area contributed by atoms with Crippen molar-refractivity contribution in [1.29, 1.82) is 0 Å². The van der Waals surface area contributed by atoms with E-state index in [1.54, 1.807) is 6.07 Å². The minimum atomic E-state index is -0.917. The molecule has 0 N–H and O–H groups in total. The summed E-state index contributed by atoms with van der Waals surface area (Å²) in [5.74, 6) is -0.428. The summed E-state index contributed by atoms with van der Waals surface area (Å²) in [4.78, 5) is 0. The number of allylic oxidation sites excluding steroid dienone is 1. The van der Waals surface area contributed by atoms with E-state index in [4.69, 9.17) is 4.74 Å². The SMILES string of the molecule is C=CC1CCC(c2ccc(CCc3ccc(-c4ccc(OCCCC)c(F)c4F)cc3)cc2)CC1. The fraction of sp³-hybridized carbons (Fsp3) is 0.375. The summed E-state index contributed by atoms with van der Waals surface area (Å²) < 4.78 is 34.5. The van der Waals surface area contributed by atoms with Crippen LogP contribution in [0.15, 0.2) is 73.3 Å². The van der Waals surface area contributed by atoms with Gasteiger partial charge < -0.3 is 4.74 Å². The van der Waals surface area contributed by atoms with E-state index < -0.39 is 11.6 Å². The Kier molecular flexibility index (Phi) is 8.74. The molecule has 3 aromatic carbocycles. The molecule has 184 valence electrons. The Morgan fingerprint density at radius 3 is 2.06 bits per heavy atom. The molecule has 1 saturated carbocycles. The van der Waals surface area contributed by atoms with Crippen LogP contribution in [-0.4, -0.2) is 6.61 Å². The lowest BCUT2D eigenvalue weighted by Gasteiger charge is -2.27. The van der Waals surface area contributed by atoms with Crippen molar-refractivity contribution in [3.8, 4) is 16.9 Å². The Bertz CT molecular complexity index is 1090. The third-order valence-electron chi connectivity index (χ3n) is 7.33. The largest absolute Gasteiger partial charge is 0.490 e. The van der Waals surface area contributed by atoms with Crippen molar-refractivity contribution < 1.29 is 13.5 Å². The van der Waals surface area contributed by atoms with Crippen molar-refractivity contribution >= 4 is 0 Å². The van der Waals surface area contributed by atoms with Gasteiger partial charge in [0.1, 0.15) is 0 Å². The Morgan fingerprint density at radius 1 is 0.829 bits per heavy atom. The van der Waals surface area contributed by atoms with Gasteiger partial charge in [-0.05, 0) is 91.2 Å². The van der Waals surface area contributed by atoms with E-state index in [0.29, 0.717) is 24.0 Å². The van der Waals surface area contributed by atoms with E-state index in [1.165, 1.54) is 48.4 Å². The Morgan fingerprint density at radius 2 is 1.46 bits per heavy atom. The normalized spacial score (nSPS) is 17.8. The first-order valence-corrected chi connectivity index (χ1v) is 13.0. The van der Waals surface area contributed by atoms with Crippen LogP contribution in [0.2, 0.25) is 0 Å². The van der Waals surface area contributed by atoms with Crippen LogP contribution in [0.5, 0.6) is 5.75 Å². The van der Waals surface area contributed by atoms with Crippen LogP contribution >= 0.6 is 0 Å². The highest BCUT2D eigenvalue weighted by molar-refractivity contribution is 5.65. The number of aryl methyl sites for hydroxylation is 2. The first kappa shape index (κ1) is 25.2. The van der Waals surface area contributed by atoms with Crippen LogP contribution in [-0.2, 0) is 12.8 Å². The third-order valence-corrected chi connectivity index (χ3v) is 7.33. The fourth-order valence-electron chi connectivity index (χ4n) is 4.98. The molecule has 4 rings (SSSR count). The van der Waals surface area contributed by atoms with E-state index in [9.17, 15) is 8.78 Å². The molecule has 0 saturated heterocycles. The van der Waals surface area contributed by atoms with Crippen molar-refractivity contribution in [3.63, 3.8) is 0 Å². The summed E-state index contributed by atoms with van der Waals surface area (Å²) in [7, 11) is 0. The standard InChI is InChI=1S/C32H36F2O/c1-3-5-22-35-30-21-20-29(31(33)32(30)34)28-18-12-25(13-19-28)7-6-24-10-16-27(17-11-24)26-14-8-23(4-2)9-15-26/h4,10-13,16-21,23,26H,2-3,5-9,14-15,22H2,1H3. The van der Waals surface area contributed by atoms with E-state index in [1.807, 2.05) is 31.2 Å². The lowest BCUT2D eigenvalue weighted by atomic mass is 9.78. The Hall–Kier alpha value is -2.94. The average molecular weight is 475 g/mol. The van der Waals surface area contributed by atoms with E-state index in [2.05, 4.69) is 36.9 Å². The van der Waals surface area contributed by atoms with Gasteiger partial charge >= 0.3 is 0 Å². The van der Waals surface area contributed by atoms with Gasteiger partial charge in [0.15, 0.2) is 11.6 Å². The lowest BCUT2D eigenvalue weighted by molar-refractivity contribution is 0.289. The molecule has 0 aliphatic heterocycles. The molecule has 1 fully saturated rings. The van der Waals surface area contributed by atoms with Crippen LogP contribution in [0.3, 0.4) is 0 Å². The molecule has 0 unspecified atom stereocenters. The quantitative estimate of drug-likeness (QED) is 0.210. The van der Waals surface area contributed by atoms with Crippen LogP contribution in [0, 0.1) is 17.6 Å². The molecule has 0 amide bonds. The summed E-state index contributed by atoms with van der Waals surface area (Å²) in [6, 6.07) is 20.0. The Labute approximate surface area is 208 Å². The molecule has 3 heteroatoms. The van der Waals surface area contributed by atoms with Gasteiger partial charge in [-0.25, -0.2) is 4.39 Å². The topological polar surface area (TPSA) is 9.23 Å². The van der Waals surface area contributed by atoms with E-state index in [0.717, 1.165) is 25.7 Å². The number of rotatable bonds is 10. The lowest BCUT2D eigenvalue weighted by Crippen LogP contribution is -2.11. The van der Waals surface area contributed by atoms with Crippen LogP contribution < -0.4 is 4.74 Å². The number of unbranched alkanes of at least 4 members (excludes halogenated alkanes) is 1. The van der Waals surface area contributed by atoms with Gasteiger partial charge in [-0.2, -0.15) is 4.39 Å². The first-order valence-electron chi connectivity index (χ1n) is 13.0. The summed E-state index contributed by atoms with van der Waals surface area (Å²) in [5, 5.41) is 0. The molecule has 0 bridgehead atoms. The number of ether oxygens (including phenoxy) is 1. The van der Waals surface area contributed by atoms with Gasteiger partial charge in [0, 0.05) is 5.56 Å². The minimum Gasteiger partial charge on any atom is -0.490 e. The highest BCUT2D eigenvalue weighted by atomic mass is 19.2. The van der Waals surface area contributed by atoms with E-state index >= 15 is 0 Å². The van der Waals surface area contributed by atoms with Gasteiger partial charge in [-0.1, -0.05) is 68.0 Å². The molecule has 1 nitrogen and oxygen atoms in total. The van der Waals surface area contributed by atoms with Crippen molar-refractivity contribution in [2.75, 3.05) is 6.61 Å². The molecule has 3 aromatic rings. The smallest absolute Gasteiger partial charge is 0.201 e. The molecular weight excluding hydrogens is 438 g/mol. The molecule has 1 aliphatic carbocycles. The molecule has 0 radical (unpaired) electrons. The monoisotopic (exact) mass is 474 g/mol. The Balaban J connectivity index is 1.33. The van der Waals surface area contributed by atoms with Gasteiger partial charge in [-0.15, -0.1) is 6.58 Å². The van der Waals surface area contributed by atoms with Gasteiger partial charge in [-0.3, -0.25) is 0 Å². The highest BCUT2D eigenvalue weighted by Crippen LogP contribution is 2.36. The first-order chi connectivity index (χ1) is 17.1. The zero-order valence-electron chi connectivity index (χ0n) is 20.7. The molecule has 1 aliphatic rings. The zero-order chi connectivity index (χ0) is 24.6. The third kappa shape index (κ3) is 6.39. The van der Waals surface area contributed by atoms with Gasteiger partial charge in [0.25, 0.3) is 0 Å². The zero-order valence-corrected chi connectivity index (χ0v) is 20.7. The minimum absolute atomic E-state index is 0.0215. The second kappa shape index (κ2) is 12.2. The second-order valence-electron chi connectivity index (χ2n) is 9.73. The number of hydrogen-bond donors (Lipinski definition) is 0. The van der Waals surface area contributed by atoms with Crippen molar-refractivity contribution in [1.82, 2.24) is 0 Å². The number of halogens is 2. The molecule has 35 heavy (non-hydrogen) atoms.